The third-order valence-corrected chi connectivity index (χ3v) is 6.06. The monoisotopic (exact) mass is 453 g/mol. The molecule has 1 aliphatic carbocycles. The van der Waals surface area contributed by atoms with E-state index in [1.54, 1.807) is 6.20 Å². The van der Waals surface area contributed by atoms with E-state index in [4.69, 9.17) is 19.8 Å². The van der Waals surface area contributed by atoms with E-state index in [1.807, 2.05) is 48.9 Å². The van der Waals surface area contributed by atoms with Crippen LogP contribution in [-0.4, -0.2) is 67.2 Å². The Morgan fingerprint density at radius 3 is 2.15 bits per heavy atom. The standard InChI is InChI=1S/C21H23N5O.2CH2O2/c27-20-11-17-13-26(12-16(17)10-19(20)25-9-8-22-14-25)21-7-6-18(23-24-21)15-4-2-1-3-5-15;2*2-1-3/h1-9,14,16-17,19-20,27H,10-13H2;2*1H,(H,2,3)/t16-,17+,19-,20-;;/m1../s1. The molecule has 1 aromatic carbocycles. The quantitative estimate of drug-likeness (QED) is 0.509. The van der Waals surface area contributed by atoms with Crippen molar-refractivity contribution in [2.24, 2.45) is 11.8 Å². The second-order valence-corrected chi connectivity index (χ2v) is 7.89. The Morgan fingerprint density at radius 1 is 0.909 bits per heavy atom. The first kappa shape index (κ1) is 23.9. The van der Waals surface area contributed by atoms with E-state index in [0.717, 1.165) is 43.0 Å². The van der Waals surface area contributed by atoms with Crippen molar-refractivity contribution in [3.63, 3.8) is 0 Å². The van der Waals surface area contributed by atoms with Crippen molar-refractivity contribution < 1.29 is 24.9 Å². The summed E-state index contributed by atoms with van der Waals surface area (Å²) in [6.45, 7) is 1.42. The third kappa shape index (κ3) is 5.92. The maximum Gasteiger partial charge on any atom is 0.290 e. The zero-order valence-corrected chi connectivity index (χ0v) is 18.0. The van der Waals surface area contributed by atoms with E-state index in [0.29, 0.717) is 11.8 Å². The lowest BCUT2D eigenvalue weighted by Crippen LogP contribution is -2.35. The fourth-order valence-electron chi connectivity index (χ4n) is 4.64. The van der Waals surface area contributed by atoms with Crippen LogP contribution in [-0.2, 0) is 9.59 Å². The molecule has 0 amide bonds. The molecule has 174 valence electrons. The molecule has 1 saturated carbocycles. The molecule has 0 spiro atoms. The lowest BCUT2D eigenvalue weighted by Gasteiger charge is -2.35. The van der Waals surface area contributed by atoms with Crippen molar-refractivity contribution in [1.82, 2.24) is 19.7 Å². The van der Waals surface area contributed by atoms with Crippen LogP contribution in [0.3, 0.4) is 0 Å². The van der Waals surface area contributed by atoms with Gasteiger partial charge in [-0.2, -0.15) is 0 Å². The number of fused-ring (bicyclic) bond motifs is 1. The van der Waals surface area contributed by atoms with Crippen LogP contribution in [0.25, 0.3) is 11.3 Å². The van der Waals surface area contributed by atoms with Gasteiger partial charge in [-0.25, -0.2) is 4.98 Å². The molecule has 33 heavy (non-hydrogen) atoms. The summed E-state index contributed by atoms with van der Waals surface area (Å²) < 4.78 is 2.05. The predicted molar refractivity (Wildman–Crippen MR) is 121 cm³/mol. The minimum Gasteiger partial charge on any atom is -0.483 e. The zero-order chi connectivity index (χ0) is 23.6. The molecule has 0 unspecified atom stereocenters. The summed E-state index contributed by atoms with van der Waals surface area (Å²) in [5, 5.41) is 33.3. The van der Waals surface area contributed by atoms with Gasteiger partial charge in [-0.15, -0.1) is 10.2 Å². The lowest BCUT2D eigenvalue weighted by molar-refractivity contribution is -0.123. The Kier molecular flexibility index (Phi) is 8.48. The number of hydrogen-bond acceptors (Lipinski definition) is 7. The van der Waals surface area contributed by atoms with E-state index in [9.17, 15) is 5.11 Å². The number of carboxylic acid groups (broad SMARTS) is 2. The minimum atomic E-state index is -0.313. The van der Waals surface area contributed by atoms with E-state index in [2.05, 4.69) is 30.7 Å². The number of carbonyl (C=O) groups is 2. The van der Waals surface area contributed by atoms with Crippen LogP contribution in [0, 0.1) is 11.8 Å². The zero-order valence-electron chi connectivity index (χ0n) is 18.0. The fraction of sp³-hybridized carbons (Fsp3) is 0.348. The number of imidazole rings is 1. The number of aromatic nitrogens is 4. The number of aliphatic hydroxyl groups is 1. The summed E-state index contributed by atoms with van der Waals surface area (Å²) in [5.41, 5.74) is 1.98. The van der Waals surface area contributed by atoms with Gasteiger partial charge in [-0.05, 0) is 36.8 Å². The predicted octanol–water partition coefficient (Wildman–Crippen LogP) is 2.19. The molecule has 2 aromatic heterocycles. The Bertz CT molecular complexity index is 978. The molecule has 2 aliphatic rings. The van der Waals surface area contributed by atoms with Crippen molar-refractivity contribution in [2.75, 3.05) is 18.0 Å². The lowest BCUT2D eigenvalue weighted by atomic mass is 9.77. The van der Waals surface area contributed by atoms with Crippen LogP contribution in [0.5, 0.6) is 0 Å². The second-order valence-electron chi connectivity index (χ2n) is 7.89. The van der Waals surface area contributed by atoms with E-state index < -0.39 is 0 Å². The number of hydrogen-bond donors (Lipinski definition) is 3. The van der Waals surface area contributed by atoms with Gasteiger partial charge >= 0.3 is 0 Å². The van der Waals surface area contributed by atoms with Crippen LogP contribution in [0.4, 0.5) is 5.82 Å². The molecule has 1 saturated heterocycles. The van der Waals surface area contributed by atoms with Gasteiger partial charge in [0.1, 0.15) is 0 Å². The molecule has 0 radical (unpaired) electrons. The number of rotatable bonds is 3. The third-order valence-electron chi connectivity index (χ3n) is 6.06. The molecule has 5 rings (SSSR count). The van der Waals surface area contributed by atoms with Crippen LogP contribution in [0.2, 0.25) is 0 Å². The van der Waals surface area contributed by atoms with E-state index in [1.165, 1.54) is 0 Å². The Balaban J connectivity index is 0.000000464. The normalized spacial score (nSPS) is 23.2. The van der Waals surface area contributed by atoms with Gasteiger partial charge in [0, 0.05) is 31.0 Å². The number of anilines is 1. The van der Waals surface area contributed by atoms with Crippen molar-refractivity contribution >= 4 is 18.8 Å². The highest BCUT2D eigenvalue weighted by Crippen LogP contribution is 2.42. The topological polar surface area (TPSA) is 142 Å². The van der Waals surface area contributed by atoms with Gasteiger partial charge in [0.25, 0.3) is 12.9 Å². The Labute approximate surface area is 191 Å². The average Bonchev–Trinajstić information content (AvgIpc) is 3.50. The molecule has 2 fully saturated rings. The molecule has 1 aliphatic heterocycles. The SMILES string of the molecule is O=CO.O=CO.O[C@@H]1C[C@H]2CN(c3ccc(-c4ccccc4)nn3)C[C@H]2C[C@H]1n1ccnc1. The van der Waals surface area contributed by atoms with Gasteiger partial charge in [-0.3, -0.25) is 9.59 Å². The van der Waals surface area contributed by atoms with E-state index >= 15 is 0 Å². The van der Waals surface area contributed by atoms with Crippen LogP contribution >= 0.6 is 0 Å². The van der Waals surface area contributed by atoms with Crippen LogP contribution < -0.4 is 4.90 Å². The largest absolute Gasteiger partial charge is 0.483 e. The summed E-state index contributed by atoms with van der Waals surface area (Å²) in [4.78, 5) is 23.2. The van der Waals surface area contributed by atoms with E-state index in [-0.39, 0.29) is 25.1 Å². The molecule has 4 atom stereocenters. The summed E-state index contributed by atoms with van der Waals surface area (Å²) in [7, 11) is 0. The summed E-state index contributed by atoms with van der Waals surface area (Å²) in [6.07, 6.45) is 7.05. The van der Waals surface area contributed by atoms with Gasteiger partial charge in [0.05, 0.1) is 24.2 Å². The smallest absolute Gasteiger partial charge is 0.290 e. The van der Waals surface area contributed by atoms with Crippen molar-refractivity contribution in [1.29, 1.82) is 0 Å². The number of aliphatic hydroxyl groups excluding tert-OH is 1. The van der Waals surface area contributed by atoms with Crippen LogP contribution in [0.1, 0.15) is 18.9 Å². The van der Waals surface area contributed by atoms with Gasteiger partial charge in [-0.1, -0.05) is 30.3 Å². The molecule has 3 aromatic rings. The van der Waals surface area contributed by atoms with Gasteiger partial charge < -0.3 is 24.8 Å². The number of nitrogens with zero attached hydrogens (tertiary/aromatic N) is 5. The van der Waals surface area contributed by atoms with Crippen molar-refractivity contribution in [2.45, 2.75) is 25.0 Å². The van der Waals surface area contributed by atoms with Crippen molar-refractivity contribution in [3.05, 3.63) is 61.2 Å². The first-order chi connectivity index (χ1) is 16.1. The maximum absolute atomic E-state index is 10.6. The molecule has 10 heteroatoms. The number of benzene rings is 1. The molecule has 0 bridgehead atoms. The van der Waals surface area contributed by atoms with Crippen LogP contribution in [0.15, 0.2) is 61.2 Å². The molecule has 3 N–H and O–H groups in total. The fourth-order valence-corrected chi connectivity index (χ4v) is 4.64. The molecular weight excluding hydrogens is 426 g/mol. The molecule has 10 nitrogen and oxygen atoms in total. The minimum absolute atomic E-state index is 0.125. The average molecular weight is 453 g/mol. The Hall–Kier alpha value is -3.79. The summed E-state index contributed by atoms with van der Waals surface area (Å²) in [6, 6.07) is 14.4. The summed E-state index contributed by atoms with van der Waals surface area (Å²) in [5.74, 6) is 2.00. The maximum atomic E-state index is 10.6. The van der Waals surface area contributed by atoms with Crippen molar-refractivity contribution in [3.8, 4) is 11.3 Å². The van der Waals surface area contributed by atoms with Gasteiger partial charge in [0.2, 0.25) is 0 Å². The van der Waals surface area contributed by atoms with Gasteiger partial charge in [0.15, 0.2) is 5.82 Å². The molecule has 3 heterocycles. The highest BCUT2D eigenvalue weighted by molar-refractivity contribution is 5.59. The second kappa shape index (κ2) is 11.7. The first-order valence-electron chi connectivity index (χ1n) is 10.6. The summed E-state index contributed by atoms with van der Waals surface area (Å²) >= 11 is 0. The first-order valence-corrected chi connectivity index (χ1v) is 10.6. The highest BCUT2D eigenvalue weighted by Gasteiger charge is 2.42. The highest BCUT2D eigenvalue weighted by atomic mass is 16.3. The Morgan fingerprint density at radius 2 is 1.58 bits per heavy atom. The molecular formula is C23H27N5O5.